The van der Waals surface area contributed by atoms with Gasteiger partial charge in [-0.25, -0.2) is 0 Å². The van der Waals surface area contributed by atoms with Gasteiger partial charge in [0.1, 0.15) is 0 Å². The molecule has 1 aromatic heterocycles. The number of aromatic nitrogens is 1. The van der Waals surface area contributed by atoms with Gasteiger partial charge in [0.15, 0.2) is 4.32 Å². The summed E-state index contributed by atoms with van der Waals surface area (Å²) in [5.74, 6) is -0.177. The number of non-ortho nitro benzene ring substituents is 1. The summed E-state index contributed by atoms with van der Waals surface area (Å²) in [6.45, 7) is 3.96. The zero-order valence-electron chi connectivity index (χ0n) is 16.2. The van der Waals surface area contributed by atoms with Crippen LogP contribution in [0.4, 0.5) is 11.4 Å². The number of aryl methyl sites for hydroxylation is 2. The van der Waals surface area contributed by atoms with Gasteiger partial charge in [-0.2, -0.15) is 0 Å². The molecule has 1 amide bonds. The minimum absolute atomic E-state index is 0.00770. The molecule has 0 unspecified atom stereocenters. The average molecular weight is 436 g/mol. The second-order valence-electron chi connectivity index (χ2n) is 6.89. The van der Waals surface area contributed by atoms with E-state index in [0.717, 1.165) is 22.5 Å². The van der Waals surface area contributed by atoms with Crippen molar-refractivity contribution < 1.29 is 9.72 Å². The minimum Gasteiger partial charge on any atom is -0.317 e. The fourth-order valence-corrected chi connectivity index (χ4v) is 4.64. The van der Waals surface area contributed by atoms with Crippen LogP contribution in [-0.2, 0) is 4.79 Å². The normalized spacial score (nSPS) is 15.3. The van der Waals surface area contributed by atoms with Crippen molar-refractivity contribution in [3.8, 4) is 5.69 Å². The second-order valence-corrected chi connectivity index (χ2v) is 8.56. The van der Waals surface area contributed by atoms with E-state index in [1.807, 2.05) is 44.2 Å². The van der Waals surface area contributed by atoms with Gasteiger partial charge in [-0.3, -0.25) is 19.8 Å². The predicted molar refractivity (Wildman–Crippen MR) is 124 cm³/mol. The van der Waals surface area contributed by atoms with E-state index in [0.29, 0.717) is 14.9 Å². The molecule has 8 heteroatoms. The Labute approximate surface area is 183 Å². The van der Waals surface area contributed by atoms with Crippen LogP contribution in [0.3, 0.4) is 0 Å². The molecular weight excluding hydrogens is 418 g/mol. The smallest absolute Gasteiger partial charge is 0.271 e. The molecule has 0 aliphatic carbocycles. The number of carbonyl (C=O) groups is 1. The second kappa shape index (κ2) is 7.89. The molecule has 1 saturated heterocycles. The molecule has 6 nitrogen and oxygen atoms in total. The zero-order valence-corrected chi connectivity index (χ0v) is 17.9. The van der Waals surface area contributed by atoms with Crippen LogP contribution in [0.25, 0.3) is 11.8 Å². The minimum atomic E-state index is -0.429. The lowest BCUT2D eigenvalue weighted by molar-refractivity contribution is -0.384. The van der Waals surface area contributed by atoms with E-state index in [1.165, 1.54) is 23.9 Å². The third-order valence-electron chi connectivity index (χ3n) is 4.76. The van der Waals surface area contributed by atoms with E-state index in [2.05, 4.69) is 0 Å². The zero-order chi connectivity index (χ0) is 21.4. The van der Waals surface area contributed by atoms with E-state index >= 15 is 0 Å². The number of thiocarbonyl (C=S) groups is 1. The van der Waals surface area contributed by atoms with E-state index in [9.17, 15) is 14.9 Å². The molecule has 0 spiro atoms. The van der Waals surface area contributed by atoms with Crippen molar-refractivity contribution in [2.24, 2.45) is 0 Å². The maximum atomic E-state index is 13.1. The third kappa shape index (κ3) is 3.67. The molecule has 150 valence electrons. The molecule has 2 aromatic carbocycles. The highest BCUT2D eigenvalue weighted by atomic mass is 32.2. The maximum absolute atomic E-state index is 13.1. The topological polar surface area (TPSA) is 68.4 Å². The summed E-state index contributed by atoms with van der Waals surface area (Å²) in [5, 5.41) is 11.1. The number of hydrogen-bond donors (Lipinski definition) is 0. The Hall–Kier alpha value is -3.23. The molecule has 0 atom stereocenters. The fourth-order valence-electron chi connectivity index (χ4n) is 3.37. The number of rotatable bonds is 4. The first kappa shape index (κ1) is 20.1. The highest BCUT2D eigenvalue weighted by Gasteiger charge is 2.34. The van der Waals surface area contributed by atoms with Gasteiger partial charge in [0.25, 0.3) is 11.6 Å². The van der Waals surface area contributed by atoms with E-state index < -0.39 is 4.92 Å². The first-order valence-electron chi connectivity index (χ1n) is 9.12. The summed E-state index contributed by atoms with van der Waals surface area (Å²) in [6, 6.07) is 15.9. The number of carbonyl (C=O) groups excluding carboxylic acids is 1. The third-order valence-corrected chi connectivity index (χ3v) is 6.07. The highest BCUT2D eigenvalue weighted by molar-refractivity contribution is 8.27. The Morgan fingerprint density at radius 2 is 1.90 bits per heavy atom. The number of benzene rings is 2. The fraction of sp³-hybridized carbons (Fsp3) is 0.0909. The summed E-state index contributed by atoms with van der Waals surface area (Å²) < 4.78 is 2.28. The summed E-state index contributed by atoms with van der Waals surface area (Å²) >= 11 is 6.73. The van der Waals surface area contributed by atoms with Crippen molar-refractivity contribution >= 4 is 51.7 Å². The summed E-state index contributed by atoms with van der Waals surface area (Å²) in [4.78, 5) is 25.9. The molecule has 0 radical (unpaired) electrons. The Balaban J connectivity index is 1.70. The largest absolute Gasteiger partial charge is 0.317 e. The Morgan fingerprint density at radius 3 is 2.63 bits per heavy atom. The van der Waals surface area contributed by atoms with Crippen LogP contribution in [0.1, 0.15) is 16.8 Å². The number of nitrogens with zero attached hydrogens (tertiary/aromatic N) is 3. The monoisotopic (exact) mass is 435 g/mol. The highest BCUT2D eigenvalue weighted by Crippen LogP contribution is 2.37. The molecule has 3 aromatic rings. The number of amides is 1. The molecule has 30 heavy (non-hydrogen) atoms. The number of hydrogen-bond acceptors (Lipinski definition) is 5. The van der Waals surface area contributed by atoms with Crippen LogP contribution in [0.5, 0.6) is 0 Å². The molecule has 1 fully saturated rings. The van der Waals surface area contributed by atoms with Crippen LogP contribution in [0.2, 0.25) is 0 Å². The Kier molecular flexibility index (Phi) is 5.27. The van der Waals surface area contributed by atoms with Gasteiger partial charge in [-0.15, -0.1) is 0 Å². The lowest BCUT2D eigenvalue weighted by Gasteiger charge is -2.17. The lowest BCUT2D eigenvalue weighted by Crippen LogP contribution is -2.28. The van der Waals surface area contributed by atoms with E-state index in [-0.39, 0.29) is 11.6 Å². The molecular formula is C22H17N3O3S2. The van der Waals surface area contributed by atoms with Crippen LogP contribution >= 0.6 is 24.0 Å². The molecule has 1 aliphatic heterocycles. The molecule has 0 N–H and O–H groups in total. The Bertz CT molecular complexity index is 1230. The van der Waals surface area contributed by atoms with E-state index in [1.54, 1.807) is 33.9 Å². The van der Waals surface area contributed by atoms with Crippen molar-refractivity contribution in [3.05, 3.63) is 92.6 Å². The van der Waals surface area contributed by atoms with Gasteiger partial charge in [-0.1, -0.05) is 47.7 Å². The summed E-state index contributed by atoms with van der Waals surface area (Å²) in [6.07, 6.45) is 3.57. The first-order valence-corrected chi connectivity index (χ1v) is 10.3. The van der Waals surface area contributed by atoms with Crippen molar-refractivity contribution in [2.45, 2.75) is 13.8 Å². The average Bonchev–Trinajstić information content (AvgIpc) is 3.27. The van der Waals surface area contributed by atoms with Crippen molar-refractivity contribution in [1.29, 1.82) is 0 Å². The maximum Gasteiger partial charge on any atom is 0.271 e. The molecule has 1 aliphatic rings. The van der Waals surface area contributed by atoms with Crippen LogP contribution < -0.4 is 4.90 Å². The van der Waals surface area contributed by atoms with Crippen molar-refractivity contribution in [1.82, 2.24) is 4.57 Å². The Morgan fingerprint density at radius 1 is 1.10 bits per heavy atom. The van der Waals surface area contributed by atoms with Crippen molar-refractivity contribution in [3.63, 3.8) is 0 Å². The quantitative estimate of drug-likeness (QED) is 0.237. The van der Waals surface area contributed by atoms with Gasteiger partial charge in [-0.05, 0) is 49.8 Å². The first-order chi connectivity index (χ1) is 14.3. The van der Waals surface area contributed by atoms with Gasteiger partial charge >= 0.3 is 0 Å². The summed E-state index contributed by atoms with van der Waals surface area (Å²) in [7, 11) is 0. The van der Waals surface area contributed by atoms with Gasteiger partial charge in [0.2, 0.25) is 0 Å². The van der Waals surface area contributed by atoms with Crippen molar-refractivity contribution in [2.75, 3.05) is 4.90 Å². The van der Waals surface area contributed by atoms with Gasteiger partial charge in [0.05, 0.1) is 21.2 Å². The molecule has 0 saturated carbocycles. The summed E-state index contributed by atoms with van der Waals surface area (Å²) in [5.41, 5.74) is 4.26. The van der Waals surface area contributed by atoms with Crippen LogP contribution in [-0.4, -0.2) is 19.7 Å². The van der Waals surface area contributed by atoms with Gasteiger partial charge in [0, 0.05) is 24.0 Å². The molecule has 0 bridgehead atoms. The molecule has 4 rings (SSSR count). The SMILES string of the molecule is Cc1ccc(N2C(=O)C(=Cc3cccn3-c3cccc([N+](=O)[O-])c3)SC2=S)c(C)c1. The van der Waals surface area contributed by atoms with Crippen LogP contribution in [0, 0.1) is 24.0 Å². The number of nitro benzene ring substituents is 1. The van der Waals surface area contributed by atoms with E-state index in [4.69, 9.17) is 12.2 Å². The van der Waals surface area contributed by atoms with Gasteiger partial charge < -0.3 is 4.57 Å². The number of nitro groups is 1. The standard InChI is InChI=1S/C22H17N3O3S2/c1-14-8-9-19(15(2)11-14)24-21(26)20(30-22(24)29)13-17-7-4-10-23(17)16-5-3-6-18(12-16)25(27)28/h3-13H,1-2H3. The lowest BCUT2D eigenvalue weighted by atomic mass is 10.1. The number of thioether (sulfide) groups is 1. The predicted octanol–water partition coefficient (Wildman–Crippen LogP) is 5.41. The molecule has 2 heterocycles. The number of anilines is 1. The van der Waals surface area contributed by atoms with Crippen LogP contribution in [0.15, 0.2) is 65.7 Å².